The molecule has 0 aliphatic carbocycles. The number of pyridine rings is 1. The molecule has 0 bridgehead atoms. The summed E-state index contributed by atoms with van der Waals surface area (Å²) in [6.45, 7) is 4.44. The molecule has 0 atom stereocenters. The summed E-state index contributed by atoms with van der Waals surface area (Å²) in [5.41, 5.74) is 3.42. The molecule has 0 saturated heterocycles. The molecule has 2 aromatic carbocycles. The predicted octanol–water partition coefficient (Wildman–Crippen LogP) is 4.67. The van der Waals surface area contributed by atoms with Gasteiger partial charge in [-0.25, -0.2) is 4.98 Å². The van der Waals surface area contributed by atoms with Crippen molar-refractivity contribution in [1.29, 1.82) is 0 Å². The van der Waals surface area contributed by atoms with E-state index in [1.54, 1.807) is 7.11 Å². The van der Waals surface area contributed by atoms with Crippen molar-refractivity contribution in [1.82, 2.24) is 15.1 Å². The highest BCUT2D eigenvalue weighted by Crippen LogP contribution is 2.34. The minimum atomic E-state index is 0.384. The van der Waals surface area contributed by atoms with Gasteiger partial charge in [0.05, 0.1) is 30.4 Å². The number of aromatic nitrogens is 3. The third kappa shape index (κ3) is 3.10. The minimum absolute atomic E-state index is 0.384. The van der Waals surface area contributed by atoms with E-state index in [1.807, 2.05) is 62.4 Å². The van der Waals surface area contributed by atoms with Crippen LogP contribution in [0.1, 0.15) is 12.5 Å². The van der Waals surface area contributed by atoms with Gasteiger partial charge >= 0.3 is 0 Å². The van der Waals surface area contributed by atoms with Crippen LogP contribution in [0.2, 0.25) is 0 Å². The number of rotatable bonds is 5. The lowest BCUT2D eigenvalue weighted by atomic mass is 10.1. The maximum absolute atomic E-state index is 5.76. The minimum Gasteiger partial charge on any atom is -0.496 e. The standard InChI is InChI=1S/C21H19N3O3/c1-4-26-20-16(12-14-9-7-8-13(2)18(14)22-20)19-23-21(27-24-19)15-10-5-6-11-17(15)25-3/h5-12H,4H2,1-3H3. The van der Waals surface area contributed by atoms with Crippen LogP contribution < -0.4 is 9.47 Å². The highest BCUT2D eigenvalue weighted by molar-refractivity contribution is 5.87. The van der Waals surface area contributed by atoms with Gasteiger partial charge in [0.1, 0.15) is 5.75 Å². The average molecular weight is 361 g/mol. The highest BCUT2D eigenvalue weighted by atomic mass is 16.5. The molecular weight excluding hydrogens is 342 g/mol. The molecule has 27 heavy (non-hydrogen) atoms. The number of para-hydroxylation sites is 2. The summed E-state index contributed by atoms with van der Waals surface area (Å²) >= 11 is 0. The zero-order valence-corrected chi connectivity index (χ0v) is 15.4. The Morgan fingerprint density at radius 1 is 1.00 bits per heavy atom. The van der Waals surface area contributed by atoms with Crippen molar-refractivity contribution in [3.05, 3.63) is 54.1 Å². The van der Waals surface area contributed by atoms with Crippen molar-refractivity contribution < 1.29 is 14.0 Å². The number of nitrogens with zero attached hydrogens (tertiary/aromatic N) is 3. The Balaban J connectivity index is 1.85. The molecule has 2 heterocycles. The number of fused-ring (bicyclic) bond motifs is 1. The third-order valence-corrected chi connectivity index (χ3v) is 4.30. The maximum Gasteiger partial charge on any atom is 0.262 e. The number of hydrogen-bond donors (Lipinski definition) is 0. The first-order valence-corrected chi connectivity index (χ1v) is 8.72. The molecule has 0 N–H and O–H groups in total. The van der Waals surface area contributed by atoms with E-state index in [0.717, 1.165) is 22.0 Å². The van der Waals surface area contributed by atoms with Crippen molar-refractivity contribution in [3.63, 3.8) is 0 Å². The second-order valence-electron chi connectivity index (χ2n) is 6.04. The van der Waals surface area contributed by atoms with Crippen molar-refractivity contribution in [2.45, 2.75) is 13.8 Å². The van der Waals surface area contributed by atoms with Crippen LogP contribution in [0, 0.1) is 6.92 Å². The van der Waals surface area contributed by atoms with Crippen molar-refractivity contribution in [3.8, 4) is 34.5 Å². The summed E-state index contributed by atoms with van der Waals surface area (Å²) in [7, 11) is 1.61. The topological polar surface area (TPSA) is 70.3 Å². The van der Waals surface area contributed by atoms with Crippen LogP contribution in [0.5, 0.6) is 11.6 Å². The SMILES string of the molecule is CCOc1nc2c(C)cccc2cc1-c1noc(-c2ccccc2OC)n1. The summed E-state index contributed by atoms with van der Waals surface area (Å²) in [5.74, 6) is 1.97. The summed E-state index contributed by atoms with van der Waals surface area (Å²) in [6, 6.07) is 15.5. The van der Waals surface area contributed by atoms with Gasteiger partial charge in [-0.15, -0.1) is 0 Å². The highest BCUT2D eigenvalue weighted by Gasteiger charge is 2.19. The molecule has 136 valence electrons. The molecule has 4 rings (SSSR count). The Hall–Kier alpha value is -3.41. The van der Waals surface area contributed by atoms with Gasteiger partial charge in [0.15, 0.2) is 0 Å². The zero-order chi connectivity index (χ0) is 18.8. The fourth-order valence-electron chi connectivity index (χ4n) is 3.00. The van der Waals surface area contributed by atoms with Crippen LogP contribution in [0.15, 0.2) is 53.1 Å². The Bertz CT molecular complexity index is 1100. The first-order valence-electron chi connectivity index (χ1n) is 8.72. The molecule has 0 aliphatic heterocycles. The smallest absolute Gasteiger partial charge is 0.262 e. The van der Waals surface area contributed by atoms with E-state index < -0.39 is 0 Å². The van der Waals surface area contributed by atoms with E-state index >= 15 is 0 Å². The van der Waals surface area contributed by atoms with Gasteiger partial charge < -0.3 is 14.0 Å². The summed E-state index contributed by atoms with van der Waals surface area (Å²) in [4.78, 5) is 9.24. The number of methoxy groups -OCH3 is 1. The van der Waals surface area contributed by atoms with E-state index in [4.69, 9.17) is 14.0 Å². The van der Waals surface area contributed by atoms with Crippen LogP contribution in [-0.2, 0) is 0 Å². The third-order valence-electron chi connectivity index (χ3n) is 4.30. The van der Waals surface area contributed by atoms with E-state index in [2.05, 4.69) is 15.1 Å². The van der Waals surface area contributed by atoms with Gasteiger partial charge in [-0.3, -0.25) is 0 Å². The second kappa shape index (κ2) is 7.07. The molecular formula is C21H19N3O3. The monoisotopic (exact) mass is 361 g/mol. The number of aryl methyl sites for hydroxylation is 1. The fourth-order valence-corrected chi connectivity index (χ4v) is 3.00. The van der Waals surface area contributed by atoms with Crippen LogP contribution >= 0.6 is 0 Å². The molecule has 0 saturated carbocycles. The molecule has 2 aromatic heterocycles. The Morgan fingerprint density at radius 3 is 2.67 bits per heavy atom. The molecule has 6 heteroatoms. The Morgan fingerprint density at radius 2 is 1.85 bits per heavy atom. The van der Waals surface area contributed by atoms with Gasteiger partial charge in [-0.1, -0.05) is 35.5 Å². The van der Waals surface area contributed by atoms with Crippen molar-refractivity contribution in [2.75, 3.05) is 13.7 Å². The van der Waals surface area contributed by atoms with E-state index in [9.17, 15) is 0 Å². The Kier molecular flexibility index (Phi) is 4.46. The van der Waals surface area contributed by atoms with Crippen LogP contribution in [0.25, 0.3) is 33.7 Å². The van der Waals surface area contributed by atoms with Gasteiger partial charge in [-0.05, 0) is 37.6 Å². The zero-order valence-electron chi connectivity index (χ0n) is 15.4. The predicted molar refractivity (Wildman–Crippen MR) is 103 cm³/mol. The van der Waals surface area contributed by atoms with E-state index in [1.165, 1.54) is 0 Å². The number of benzene rings is 2. The largest absolute Gasteiger partial charge is 0.496 e. The molecule has 6 nitrogen and oxygen atoms in total. The van der Waals surface area contributed by atoms with Gasteiger partial charge in [-0.2, -0.15) is 4.98 Å². The lowest BCUT2D eigenvalue weighted by molar-refractivity contribution is 0.329. The average Bonchev–Trinajstić information content (AvgIpc) is 3.18. The summed E-state index contributed by atoms with van der Waals surface area (Å²) in [6.07, 6.45) is 0. The summed E-state index contributed by atoms with van der Waals surface area (Å²) < 4.78 is 16.6. The molecule has 4 aromatic rings. The lowest BCUT2D eigenvalue weighted by Crippen LogP contribution is -1.99. The number of hydrogen-bond acceptors (Lipinski definition) is 6. The molecule has 0 unspecified atom stereocenters. The van der Waals surface area contributed by atoms with Crippen LogP contribution in [0.3, 0.4) is 0 Å². The second-order valence-corrected chi connectivity index (χ2v) is 6.04. The molecule has 0 amide bonds. The van der Waals surface area contributed by atoms with Gasteiger partial charge in [0, 0.05) is 5.39 Å². The lowest BCUT2D eigenvalue weighted by Gasteiger charge is -2.09. The molecule has 0 fully saturated rings. The Labute approximate surface area is 156 Å². The quantitative estimate of drug-likeness (QED) is 0.514. The first-order chi connectivity index (χ1) is 13.2. The molecule has 0 aliphatic rings. The molecule has 0 radical (unpaired) electrons. The van der Waals surface area contributed by atoms with E-state index in [0.29, 0.717) is 35.5 Å². The van der Waals surface area contributed by atoms with Gasteiger partial charge in [0.2, 0.25) is 11.7 Å². The molecule has 0 spiro atoms. The maximum atomic E-state index is 5.76. The summed E-state index contributed by atoms with van der Waals surface area (Å²) in [5, 5.41) is 5.15. The van der Waals surface area contributed by atoms with E-state index in [-0.39, 0.29) is 0 Å². The first kappa shape index (κ1) is 17.0. The normalized spacial score (nSPS) is 10.9. The number of ether oxygens (including phenoxy) is 2. The van der Waals surface area contributed by atoms with Crippen LogP contribution in [0.4, 0.5) is 0 Å². The van der Waals surface area contributed by atoms with Crippen molar-refractivity contribution in [2.24, 2.45) is 0 Å². The van der Waals surface area contributed by atoms with Gasteiger partial charge in [0.25, 0.3) is 5.89 Å². The fraction of sp³-hybridized carbons (Fsp3) is 0.190. The van der Waals surface area contributed by atoms with Crippen molar-refractivity contribution >= 4 is 10.9 Å². The van der Waals surface area contributed by atoms with Crippen LogP contribution in [-0.4, -0.2) is 28.8 Å².